The van der Waals surface area contributed by atoms with Crippen molar-refractivity contribution in [3.05, 3.63) is 30.5 Å². The third-order valence-corrected chi connectivity index (χ3v) is 5.12. The Morgan fingerprint density at radius 3 is 2.76 bits per heavy atom. The summed E-state index contributed by atoms with van der Waals surface area (Å²) in [6.07, 6.45) is 4.05. The van der Waals surface area contributed by atoms with E-state index in [0.29, 0.717) is 12.6 Å². The molecule has 1 N–H and O–H groups in total. The van der Waals surface area contributed by atoms with Gasteiger partial charge in [0.25, 0.3) is 0 Å². The highest BCUT2D eigenvalue weighted by Crippen LogP contribution is 2.26. The molecule has 1 aromatic carbocycles. The van der Waals surface area contributed by atoms with Crippen molar-refractivity contribution in [1.82, 2.24) is 14.4 Å². The van der Waals surface area contributed by atoms with Crippen LogP contribution in [-0.2, 0) is 11.3 Å². The van der Waals surface area contributed by atoms with E-state index in [0.717, 1.165) is 49.1 Å². The smallest absolute Gasteiger partial charge is 0.321 e. The number of nitrogens with zero attached hydrogens (tertiary/aromatic N) is 3. The molecule has 1 aliphatic rings. The summed E-state index contributed by atoms with van der Waals surface area (Å²) >= 11 is 0. The Labute approximate surface area is 149 Å². The monoisotopic (exact) mass is 344 g/mol. The lowest BCUT2D eigenvalue weighted by Gasteiger charge is -2.35. The maximum Gasteiger partial charge on any atom is 0.321 e. The maximum absolute atomic E-state index is 12.7. The molecule has 0 spiro atoms. The molecule has 6 nitrogen and oxygen atoms in total. The molecule has 0 saturated carbocycles. The van der Waals surface area contributed by atoms with Gasteiger partial charge in [-0.3, -0.25) is 0 Å². The number of fused-ring (bicyclic) bond motifs is 1. The number of nitrogens with one attached hydrogen (secondary N) is 1. The van der Waals surface area contributed by atoms with Crippen LogP contribution in [0.4, 0.5) is 10.5 Å². The molecule has 0 bridgehead atoms. The first-order valence-corrected chi connectivity index (χ1v) is 8.89. The number of hydrogen-bond acceptors (Lipinski definition) is 3. The van der Waals surface area contributed by atoms with E-state index < -0.39 is 0 Å². The molecule has 3 rings (SSSR count). The zero-order valence-electron chi connectivity index (χ0n) is 15.4. The minimum Gasteiger partial charge on any atom is -0.383 e. The van der Waals surface area contributed by atoms with E-state index in [1.807, 2.05) is 36.3 Å². The number of anilines is 1. The summed E-state index contributed by atoms with van der Waals surface area (Å²) in [5.74, 6) is 0. The topological polar surface area (TPSA) is 49.7 Å². The first-order chi connectivity index (χ1) is 12.1. The first-order valence-electron chi connectivity index (χ1n) is 8.89. The van der Waals surface area contributed by atoms with Gasteiger partial charge in [-0.05, 0) is 39.0 Å². The van der Waals surface area contributed by atoms with Crippen LogP contribution >= 0.6 is 0 Å². The minimum atomic E-state index is -0.0378. The number of amides is 2. The number of methoxy groups -OCH3 is 1. The molecule has 25 heavy (non-hydrogen) atoms. The lowest BCUT2D eigenvalue weighted by atomic mass is 10.0. The van der Waals surface area contributed by atoms with Gasteiger partial charge < -0.3 is 24.4 Å². The van der Waals surface area contributed by atoms with Crippen LogP contribution in [0.25, 0.3) is 10.9 Å². The van der Waals surface area contributed by atoms with Gasteiger partial charge in [0.2, 0.25) is 0 Å². The maximum atomic E-state index is 12.7. The SMILES string of the molecule is COCCn1cc(NC(=O)N(C)C2CCN(C)CC2)c2ccccc21. The molecule has 1 fully saturated rings. The number of rotatable bonds is 5. The molecular weight excluding hydrogens is 316 g/mol. The third-order valence-electron chi connectivity index (χ3n) is 5.12. The van der Waals surface area contributed by atoms with Crippen molar-refractivity contribution in [2.24, 2.45) is 0 Å². The number of benzene rings is 1. The highest BCUT2D eigenvalue weighted by molar-refractivity contribution is 6.01. The fourth-order valence-electron chi connectivity index (χ4n) is 3.47. The van der Waals surface area contributed by atoms with E-state index in [-0.39, 0.29) is 6.03 Å². The molecule has 1 aliphatic heterocycles. The number of piperidine rings is 1. The second kappa shape index (κ2) is 7.89. The number of carbonyl (C=O) groups is 1. The van der Waals surface area contributed by atoms with Crippen molar-refractivity contribution in [3.63, 3.8) is 0 Å². The van der Waals surface area contributed by atoms with E-state index >= 15 is 0 Å². The number of hydrogen-bond donors (Lipinski definition) is 1. The van der Waals surface area contributed by atoms with Gasteiger partial charge in [0.15, 0.2) is 0 Å². The average Bonchev–Trinajstić information content (AvgIpc) is 2.98. The zero-order chi connectivity index (χ0) is 17.8. The van der Waals surface area contributed by atoms with Crippen LogP contribution in [0.5, 0.6) is 0 Å². The molecule has 1 saturated heterocycles. The van der Waals surface area contributed by atoms with Gasteiger partial charge in [0.1, 0.15) is 0 Å². The molecule has 2 amide bonds. The van der Waals surface area contributed by atoms with Crippen LogP contribution in [0.15, 0.2) is 30.5 Å². The van der Waals surface area contributed by atoms with Crippen molar-refractivity contribution in [1.29, 1.82) is 0 Å². The number of ether oxygens (including phenoxy) is 1. The van der Waals surface area contributed by atoms with Gasteiger partial charge in [-0.25, -0.2) is 4.79 Å². The normalized spacial score (nSPS) is 16.3. The quantitative estimate of drug-likeness (QED) is 0.907. The largest absolute Gasteiger partial charge is 0.383 e. The molecule has 0 atom stereocenters. The van der Waals surface area contributed by atoms with Gasteiger partial charge in [-0.1, -0.05) is 18.2 Å². The van der Waals surface area contributed by atoms with Gasteiger partial charge in [0, 0.05) is 38.3 Å². The lowest BCUT2D eigenvalue weighted by Crippen LogP contribution is -2.46. The number of aromatic nitrogens is 1. The number of urea groups is 1. The summed E-state index contributed by atoms with van der Waals surface area (Å²) in [6, 6.07) is 8.40. The van der Waals surface area contributed by atoms with Crippen molar-refractivity contribution in [2.75, 3.05) is 46.2 Å². The molecule has 136 valence electrons. The summed E-state index contributed by atoms with van der Waals surface area (Å²) in [5.41, 5.74) is 1.97. The van der Waals surface area contributed by atoms with Crippen molar-refractivity contribution < 1.29 is 9.53 Å². The van der Waals surface area contributed by atoms with E-state index in [4.69, 9.17) is 4.74 Å². The van der Waals surface area contributed by atoms with E-state index in [1.54, 1.807) is 7.11 Å². The van der Waals surface area contributed by atoms with Gasteiger partial charge >= 0.3 is 6.03 Å². The Morgan fingerprint density at radius 2 is 2.04 bits per heavy atom. The highest BCUT2D eigenvalue weighted by Gasteiger charge is 2.24. The van der Waals surface area contributed by atoms with Crippen LogP contribution < -0.4 is 5.32 Å². The number of para-hydroxylation sites is 1. The summed E-state index contributed by atoms with van der Waals surface area (Å²) < 4.78 is 7.32. The van der Waals surface area contributed by atoms with Crippen LogP contribution in [0.2, 0.25) is 0 Å². The predicted molar refractivity (Wildman–Crippen MR) is 101 cm³/mol. The summed E-state index contributed by atoms with van der Waals surface area (Å²) in [5, 5.41) is 4.16. The Bertz CT molecular complexity index is 719. The molecule has 2 heterocycles. The van der Waals surface area contributed by atoms with E-state index in [9.17, 15) is 4.79 Å². The fraction of sp³-hybridized carbons (Fsp3) is 0.526. The molecule has 0 aliphatic carbocycles. The lowest BCUT2D eigenvalue weighted by molar-refractivity contribution is 0.156. The molecule has 0 radical (unpaired) electrons. The summed E-state index contributed by atoms with van der Waals surface area (Å²) in [4.78, 5) is 16.9. The molecule has 6 heteroatoms. The van der Waals surface area contributed by atoms with Crippen molar-refractivity contribution >= 4 is 22.6 Å². The van der Waals surface area contributed by atoms with Crippen molar-refractivity contribution in [3.8, 4) is 0 Å². The molecule has 0 unspecified atom stereocenters. The number of carbonyl (C=O) groups excluding carboxylic acids is 1. The van der Waals surface area contributed by atoms with Crippen molar-refractivity contribution in [2.45, 2.75) is 25.4 Å². The van der Waals surface area contributed by atoms with E-state index in [1.165, 1.54) is 0 Å². The minimum absolute atomic E-state index is 0.0378. The molecule has 1 aromatic heterocycles. The third kappa shape index (κ3) is 3.96. The van der Waals surface area contributed by atoms with E-state index in [2.05, 4.69) is 27.9 Å². The second-order valence-corrected chi connectivity index (χ2v) is 6.82. The van der Waals surface area contributed by atoms with Gasteiger partial charge in [-0.15, -0.1) is 0 Å². The molecule has 2 aromatic rings. The standard InChI is InChI=1S/C19H28N4O2/c1-21-10-8-15(9-11-21)22(2)19(24)20-17-14-23(12-13-25-3)18-7-5-4-6-16(17)18/h4-7,14-15H,8-13H2,1-3H3,(H,20,24). The van der Waals surface area contributed by atoms with Crippen LogP contribution in [0.3, 0.4) is 0 Å². The zero-order valence-corrected chi connectivity index (χ0v) is 15.4. The predicted octanol–water partition coefficient (Wildman–Crippen LogP) is 2.85. The van der Waals surface area contributed by atoms with Crippen LogP contribution in [0, 0.1) is 0 Å². The first kappa shape index (κ1) is 17.8. The van der Waals surface area contributed by atoms with Crippen LogP contribution in [0.1, 0.15) is 12.8 Å². The number of likely N-dealkylation sites (tertiary alicyclic amines) is 1. The van der Waals surface area contributed by atoms with Crippen LogP contribution in [-0.4, -0.2) is 67.3 Å². The summed E-state index contributed by atoms with van der Waals surface area (Å²) in [7, 11) is 5.73. The van der Waals surface area contributed by atoms with Gasteiger partial charge in [0.05, 0.1) is 17.8 Å². The Morgan fingerprint density at radius 1 is 1.32 bits per heavy atom. The van der Waals surface area contributed by atoms with Gasteiger partial charge in [-0.2, -0.15) is 0 Å². The highest BCUT2D eigenvalue weighted by atomic mass is 16.5. The fourth-order valence-corrected chi connectivity index (χ4v) is 3.47. The Balaban J connectivity index is 1.74. The molecular formula is C19H28N4O2. The Hall–Kier alpha value is -2.05. The Kier molecular flexibility index (Phi) is 5.60. The summed E-state index contributed by atoms with van der Waals surface area (Å²) in [6.45, 7) is 3.48. The second-order valence-electron chi connectivity index (χ2n) is 6.82. The average molecular weight is 344 g/mol.